The standard InChI is InChI=1S/C22H30N6O3S/c1-3-4-5-18-6-8-19(9-7-18)28(32(2,30)31)17-21(29)26-12-14-27(15-13-26)22-20(16-23)24-10-11-25-22/h6-11,20,22H,3-5,12-15,17H2,1-2H3. The van der Waals surface area contributed by atoms with Crippen LogP contribution in [-0.4, -0.2) is 87.7 Å². The number of sulfonamides is 1. The van der Waals surface area contributed by atoms with Gasteiger partial charge in [0.2, 0.25) is 15.9 Å². The van der Waals surface area contributed by atoms with E-state index in [4.69, 9.17) is 0 Å². The van der Waals surface area contributed by atoms with Crippen molar-refractivity contribution >= 4 is 34.0 Å². The first-order chi connectivity index (χ1) is 15.3. The van der Waals surface area contributed by atoms with Gasteiger partial charge >= 0.3 is 0 Å². The first-order valence-electron chi connectivity index (χ1n) is 10.9. The van der Waals surface area contributed by atoms with Crippen molar-refractivity contribution in [1.29, 1.82) is 5.26 Å². The van der Waals surface area contributed by atoms with Crippen LogP contribution in [0.3, 0.4) is 0 Å². The largest absolute Gasteiger partial charge is 0.339 e. The minimum atomic E-state index is -3.62. The van der Waals surface area contributed by atoms with Crippen LogP contribution >= 0.6 is 0 Å². The summed E-state index contributed by atoms with van der Waals surface area (Å²) in [6.07, 6.45) is 7.01. The molecule has 2 heterocycles. The minimum absolute atomic E-state index is 0.236. The zero-order valence-electron chi connectivity index (χ0n) is 18.6. The lowest BCUT2D eigenvalue weighted by molar-refractivity contribution is -0.131. The van der Waals surface area contributed by atoms with Gasteiger partial charge in [0, 0.05) is 38.6 Å². The second kappa shape index (κ2) is 10.7. The fourth-order valence-electron chi connectivity index (χ4n) is 3.88. The SMILES string of the molecule is CCCCc1ccc(N(CC(=O)N2CCN(C3N=CC=NC3C#N)CC2)S(C)(=O)=O)cc1. The van der Waals surface area contributed by atoms with Gasteiger partial charge in [0.25, 0.3) is 0 Å². The van der Waals surface area contributed by atoms with Gasteiger partial charge in [-0.2, -0.15) is 5.26 Å². The summed E-state index contributed by atoms with van der Waals surface area (Å²) < 4.78 is 26.0. The highest BCUT2D eigenvalue weighted by molar-refractivity contribution is 7.92. The average Bonchev–Trinajstić information content (AvgIpc) is 2.81. The molecule has 0 aromatic heterocycles. The molecule has 0 N–H and O–H groups in total. The highest BCUT2D eigenvalue weighted by atomic mass is 32.2. The molecule has 0 spiro atoms. The van der Waals surface area contributed by atoms with Gasteiger partial charge in [-0.15, -0.1) is 0 Å². The topological polar surface area (TPSA) is 109 Å². The third-order valence-electron chi connectivity index (χ3n) is 5.73. The van der Waals surface area contributed by atoms with Crippen molar-refractivity contribution in [3.63, 3.8) is 0 Å². The number of hydrogen-bond acceptors (Lipinski definition) is 7. The number of carbonyl (C=O) groups excluding carboxylic acids is 1. The van der Waals surface area contributed by atoms with E-state index in [0.717, 1.165) is 35.4 Å². The summed E-state index contributed by atoms with van der Waals surface area (Å²) in [6.45, 7) is 3.88. The van der Waals surface area contributed by atoms with Crippen molar-refractivity contribution < 1.29 is 13.2 Å². The van der Waals surface area contributed by atoms with Crippen LogP contribution in [-0.2, 0) is 21.2 Å². The number of amides is 1. The lowest BCUT2D eigenvalue weighted by Gasteiger charge is -2.39. The molecule has 1 saturated heterocycles. The Labute approximate surface area is 190 Å². The Morgan fingerprint density at radius 2 is 1.81 bits per heavy atom. The number of aryl methyl sites for hydroxylation is 1. The van der Waals surface area contributed by atoms with Gasteiger partial charge in [0.15, 0.2) is 6.04 Å². The molecule has 32 heavy (non-hydrogen) atoms. The van der Waals surface area contributed by atoms with Crippen LogP contribution in [0.2, 0.25) is 0 Å². The fourth-order valence-corrected chi connectivity index (χ4v) is 4.73. The number of nitrogens with zero attached hydrogens (tertiary/aromatic N) is 6. The van der Waals surface area contributed by atoms with Crippen molar-refractivity contribution in [1.82, 2.24) is 9.80 Å². The van der Waals surface area contributed by atoms with Gasteiger partial charge in [0.1, 0.15) is 12.7 Å². The normalized spacial score (nSPS) is 21.3. The number of carbonyl (C=O) groups is 1. The molecule has 2 atom stereocenters. The molecule has 10 heteroatoms. The molecule has 1 amide bonds. The van der Waals surface area contributed by atoms with Crippen LogP contribution in [0.25, 0.3) is 0 Å². The first kappa shape index (κ1) is 23.9. The predicted octanol–water partition coefficient (Wildman–Crippen LogP) is 1.31. The van der Waals surface area contributed by atoms with E-state index in [1.165, 1.54) is 6.21 Å². The monoisotopic (exact) mass is 458 g/mol. The number of hydrogen-bond donors (Lipinski definition) is 0. The van der Waals surface area contributed by atoms with Gasteiger partial charge < -0.3 is 4.90 Å². The van der Waals surface area contributed by atoms with Crippen LogP contribution in [0, 0.1) is 11.3 Å². The van der Waals surface area contributed by atoms with Gasteiger partial charge in [-0.05, 0) is 30.5 Å². The Morgan fingerprint density at radius 3 is 2.41 bits per heavy atom. The van der Waals surface area contributed by atoms with Gasteiger partial charge in [-0.25, -0.2) is 8.42 Å². The second-order valence-corrected chi connectivity index (χ2v) is 9.95. The third-order valence-corrected chi connectivity index (χ3v) is 6.87. The summed E-state index contributed by atoms with van der Waals surface area (Å²) in [7, 11) is -3.62. The maximum absolute atomic E-state index is 12.9. The number of aliphatic imine (C=N–C) groups is 2. The molecule has 0 saturated carbocycles. The summed E-state index contributed by atoms with van der Waals surface area (Å²) >= 11 is 0. The van der Waals surface area contributed by atoms with Crippen molar-refractivity contribution in [2.45, 2.75) is 38.4 Å². The highest BCUT2D eigenvalue weighted by Gasteiger charge is 2.32. The third kappa shape index (κ3) is 5.93. The van der Waals surface area contributed by atoms with Gasteiger partial charge in [-0.1, -0.05) is 25.5 Å². The van der Waals surface area contributed by atoms with Crippen LogP contribution < -0.4 is 4.31 Å². The summed E-state index contributed by atoms with van der Waals surface area (Å²) in [4.78, 5) is 25.1. The first-order valence-corrected chi connectivity index (χ1v) is 12.7. The summed E-state index contributed by atoms with van der Waals surface area (Å²) in [5.74, 6) is -0.243. The number of benzene rings is 1. The van der Waals surface area contributed by atoms with E-state index >= 15 is 0 Å². The average molecular weight is 459 g/mol. The Hall–Kier alpha value is -2.77. The lowest BCUT2D eigenvalue weighted by atomic mass is 10.1. The zero-order chi connectivity index (χ0) is 23.1. The second-order valence-electron chi connectivity index (χ2n) is 8.04. The summed E-state index contributed by atoms with van der Waals surface area (Å²) in [6, 6.07) is 8.97. The summed E-state index contributed by atoms with van der Waals surface area (Å²) in [5.41, 5.74) is 1.64. The van der Waals surface area contributed by atoms with Crippen molar-refractivity contribution in [2.75, 3.05) is 43.3 Å². The summed E-state index contributed by atoms with van der Waals surface area (Å²) in [5, 5.41) is 9.28. The molecule has 0 bridgehead atoms. The molecule has 1 fully saturated rings. The Balaban J connectivity index is 1.62. The molecule has 172 valence electrons. The molecule has 2 aliphatic rings. The van der Waals surface area contributed by atoms with E-state index in [0.29, 0.717) is 31.9 Å². The van der Waals surface area contributed by atoms with E-state index in [1.54, 1.807) is 23.2 Å². The van der Waals surface area contributed by atoms with Crippen molar-refractivity contribution in [2.24, 2.45) is 9.98 Å². The van der Waals surface area contributed by atoms with Crippen LogP contribution in [0.4, 0.5) is 5.69 Å². The zero-order valence-corrected chi connectivity index (χ0v) is 19.4. The molecule has 2 aliphatic heterocycles. The molecular weight excluding hydrogens is 428 g/mol. The van der Waals surface area contributed by atoms with E-state index in [9.17, 15) is 18.5 Å². The van der Waals surface area contributed by atoms with E-state index in [2.05, 4.69) is 23.0 Å². The molecule has 2 unspecified atom stereocenters. The molecule has 1 aromatic rings. The smallest absolute Gasteiger partial charge is 0.243 e. The molecule has 0 radical (unpaired) electrons. The predicted molar refractivity (Wildman–Crippen MR) is 126 cm³/mol. The molecule has 3 rings (SSSR count). The van der Waals surface area contributed by atoms with Crippen LogP contribution in [0.5, 0.6) is 0 Å². The number of piperazine rings is 1. The Morgan fingerprint density at radius 1 is 1.16 bits per heavy atom. The Kier molecular flexibility index (Phi) is 7.99. The number of anilines is 1. The molecule has 0 aliphatic carbocycles. The van der Waals surface area contributed by atoms with E-state index < -0.39 is 16.1 Å². The Bertz CT molecular complexity index is 991. The molecule has 9 nitrogen and oxygen atoms in total. The van der Waals surface area contributed by atoms with Crippen molar-refractivity contribution in [3.8, 4) is 6.07 Å². The van der Waals surface area contributed by atoms with Gasteiger partial charge in [0.05, 0.1) is 18.0 Å². The van der Waals surface area contributed by atoms with E-state index in [-0.39, 0.29) is 18.6 Å². The van der Waals surface area contributed by atoms with Crippen molar-refractivity contribution in [3.05, 3.63) is 29.8 Å². The molecular formula is C22H30N6O3S. The number of unbranched alkanes of at least 4 members (excludes halogenated alkanes) is 1. The minimum Gasteiger partial charge on any atom is -0.339 e. The lowest BCUT2D eigenvalue weighted by Crippen LogP contribution is -2.55. The molecule has 1 aromatic carbocycles. The maximum Gasteiger partial charge on any atom is 0.243 e. The number of rotatable bonds is 8. The maximum atomic E-state index is 12.9. The van der Waals surface area contributed by atoms with Crippen LogP contribution in [0.1, 0.15) is 25.3 Å². The highest BCUT2D eigenvalue weighted by Crippen LogP contribution is 2.20. The van der Waals surface area contributed by atoms with E-state index in [1.807, 2.05) is 17.0 Å². The quantitative estimate of drug-likeness (QED) is 0.583. The van der Waals surface area contributed by atoms with Gasteiger partial charge in [-0.3, -0.25) is 24.0 Å². The van der Waals surface area contributed by atoms with Crippen LogP contribution in [0.15, 0.2) is 34.3 Å². The number of nitriles is 1. The fraction of sp³-hybridized carbons (Fsp3) is 0.545.